The van der Waals surface area contributed by atoms with Crippen LogP contribution < -0.4 is 0 Å². The molecule has 1 aromatic carbocycles. The maximum Gasteiger partial charge on any atom is 0.130 e. The molecule has 0 atom stereocenters. The van der Waals surface area contributed by atoms with Crippen LogP contribution in [0.3, 0.4) is 0 Å². The summed E-state index contributed by atoms with van der Waals surface area (Å²) in [4.78, 5) is 2.18. The zero-order valence-electron chi connectivity index (χ0n) is 10.1. The summed E-state index contributed by atoms with van der Waals surface area (Å²) in [6, 6.07) is 3.78. The second kappa shape index (κ2) is 7.77. The molecular weight excluding hydrogens is 288 g/mol. The van der Waals surface area contributed by atoms with Gasteiger partial charge in [0, 0.05) is 30.0 Å². The number of benzene rings is 1. The van der Waals surface area contributed by atoms with E-state index in [1.54, 1.807) is 0 Å². The molecule has 1 rings (SSSR count). The molecule has 0 amide bonds. The molecule has 0 aliphatic carbocycles. The first-order valence-corrected chi connectivity index (χ1v) is 7.01. The van der Waals surface area contributed by atoms with Gasteiger partial charge in [0.15, 0.2) is 0 Å². The van der Waals surface area contributed by atoms with Crippen molar-refractivity contribution in [3.8, 4) is 0 Å². The summed E-state index contributed by atoms with van der Waals surface area (Å²) in [5.41, 5.74) is 0.559. The largest absolute Gasteiger partial charge is 0.298 e. The standard InChI is InChI=1S/C13H18BrF2N/c1-2-3-7-17(8-6-14)10-11-4-5-12(15)9-13(11)16/h4-5,9H,2-3,6-8,10H2,1H3. The fraction of sp³-hybridized carbons (Fsp3) is 0.538. The van der Waals surface area contributed by atoms with Crippen molar-refractivity contribution in [3.63, 3.8) is 0 Å². The van der Waals surface area contributed by atoms with Gasteiger partial charge in [-0.1, -0.05) is 35.3 Å². The van der Waals surface area contributed by atoms with Gasteiger partial charge >= 0.3 is 0 Å². The normalized spacial score (nSPS) is 11.1. The second-order valence-corrected chi connectivity index (χ2v) is 4.85. The molecule has 0 aliphatic heterocycles. The van der Waals surface area contributed by atoms with Gasteiger partial charge in [-0.25, -0.2) is 8.78 Å². The SMILES string of the molecule is CCCCN(CCBr)Cc1ccc(F)cc1F. The molecular formula is C13H18BrF2N. The smallest absolute Gasteiger partial charge is 0.130 e. The summed E-state index contributed by atoms with van der Waals surface area (Å²) in [6.07, 6.45) is 2.21. The zero-order valence-corrected chi connectivity index (χ0v) is 11.6. The predicted octanol–water partition coefficient (Wildman–Crippen LogP) is 3.96. The van der Waals surface area contributed by atoms with Crippen molar-refractivity contribution in [3.05, 3.63) is 35.4 Å². The van der Waals surface area contributed by atoms with Crippen molar-refractivity contribution in [2.75, 3.05) is 18.4 Å². The van der Waals surface area contributed by atoms with Crippen LogP contribution in [-0.4, -0.2) is 23.3 Å². The Bertz CT molecular complexity index is 344. The highest BCUT2D eigenvalue weighted by Gasteiger charge is 2.09. The van der Waals surface area contributed by atoms with Gasteiger partial charge in [-0.3, -0.25) is 4.90 Å². The Kier molecular flexibility index (Phi) is 6.66. The number of rotatable bonds is 7. The monoisotopic (exact) mass is 305 g/mol. The first kappa shape index (κ1) is 14.6. The molecule has 0 aromatic heterocycles. The van der Waals surface area contributed by atoms with Gasteiger partial charge in [0.2, 0.25) is 0 Å². The van der Waals surface area contributed by atoms with Crippen LogP contribution in [0.1, 0.15) is 25.3 Å². The van der Waals surface area contributed by atoms with Gasteiger partial charge in [-0.2, -0.15) is 0 Å². The van der Waals surface area contributed by atoms with E-state index >= 15 is 0 Å². The van der Waals surface area contributed by atoms with Gasteiger partial charge in [0.25, 0.3) is 0 Å². The Morgan fingerprint density at radius 2 is 2.00 bits per heavy atom. The predicted molar refractivity (Wildman–Crippen MR) is 70.3 cm³/mol. The van der Waals surface area contributed by atoms with Gasteiger partial charge < -0.3 is 0 Å². The third kappa shape index (κ3) is 5.13. The van der Waals surface area contributed by atoms with Crippen LogP contribution in [0.5, 0.6) is 0 Å². The van der Waals surface area contributed by atoms with Crippen molar-refractivity contribution in [1.82, 2.24) is 4.90 Å². The number of nitrogens with zero attached hydrogens (tertiary/aromatic N) is 1. The average molecular weight is 306 g/mol. The van der Waals surface area contributed by atoms with Crippen molar-refractivity contribution < 1.29 is 8.78 Å². The molecule has 0 bridgehead atoms. The first-order valence-electron chi connectivity index (χ1n) is 5.89. The van der Waals surface area contributed by atoms with E-state index in [1.807, 2.05) is 0 Å². The molecule has 0 heterocycles. The average Bonchev–Trinajstić information content (AvgIpc) is 2.29. The lowest BCUT2D eigenvalue weighted by Gasteiger charge is -2.21. The fourth-order valence-corrected chi connectivity index (χ4v) is 2.16. The summed E-state index contributed by atoms with van der Waals surface area (Å²) < 4.78 is 26.3. The maximum atomic E-state index is 13.5. The molecule has 0 spiro atoms. The van der Waals surface area contributed by atoms with Gasteiger partial charge in [-0.05, 0) is 19.0 Å². The highest BCUT2D eigenvalue weighted by molar-refractivity contribution is 9.09. The maximum absolute atomic E-state index is 13.5. The van der Waals surface area contributed by atoms with Crippen molar-refractivity contribution in [1.29, 1.82) is 0 Å². The molecule has 0 radical (unpaired) electrons. The molecule has 0 N–H and O–H groups in total. The van der Waals surface area contributed by atoms with Crippen LogP contribution in [-0.2, 0) is 6.54 Å². The topological polar surface area (TPSA) is 3.24 Å². The minimum atomic E-state index is -0.521. The molecule has 0 fully saturated rings. The van der Waals surface area contributed by atoms with E-state index in [4.69, 9.17) is 0 Å². The first-order chi connectivity index (χ1) is 8.17. The summed E-state index contributed by atoms with van der Waals surface area (Å²) in [5, 5.41) is 0.861. The molecule has 96 valence electrons. The van der Waals surface area contributed by atoms with Crippen molar-refractivity contribution in [2.45, 2.75) is 26.3 Å². The van der Waals surface area contributed by atoms with E-state index < -0.39 is 11.6 Å². The van der Waals surface area contributed by atoms with Crippen LogP contribution in [0.4, 0.5) is 8.78 Å². The lowest BCUT2D eigenvalue weighted by molar-refractivity contribution is 0.274. The molecule has 4 heteroatoms. The number of unbranched alkanes of at least 4 members (excludes halogenated alkanes) is 1. The summed E-state index contributed by atoms with van der Waals surface area (Å²) in [6.45, 7) is 4.48. The number of alkyl halides is 1. The van der Waals surface area contributed by atoms with Gasteiger partial charge in [-0.15, -0.1) is 0 Å². The van der Waals surface area contributed by atoms with Crippen LogP contribution in [0.25, 0.3) is 0 Å². The summed E-state index contributed by atoms with van der Waals surface area (Å²) in [7, 11) is 0. The van der Waals surface area contributed by atoms with E-state index in [-0.39, 0.29) is 0 Å². The van der Waals surface area contributed by atoms with Gasteiger partial charge in [0.1, 0.15) is 11.6 Å². The molecule has 0 saturated heterocycles. The molecule has 0 saturated carbocycles. The number of hydrogen-bond acceptors (Lipinski definition) is 1. The third-order valence-corrected chi connectivity index (χ3v) is 2.99. The van der Waals surface area contributed by atoms with Crippen LogP contribution >= 0.6 is 15.9 Å². The Morgan fingerprint density at radius 1 is 1.24 bits per heavy atom. The second-order valence-electron chi connectivity index (χ2n) is 4.05. The third-order valence-electron chi connectivity index (χ3n) is 2.64. The quantitative estimate of drug-likeness (QED) is 0.689. The van der Waals surface area contributed by atoms with E-state index in [0.717, 1.165) is 37.3 Å². The lowest BCUT2D eigenvalue weighted by atomic mass is 10.2. The molecule has 0 aliphatic rings. The van der Waals surface area contributed by atoms with E-state index in [2.05, 4.69) is 27.8 Å². The summed E-state index contributed by atoms with van der Waals surface area (Å²) in [5.74, 6) is -0.979. The fourth-order valence-electron chi connectivity index (χ4n) is 1.66. The van der Waals surface area contributed by atoms with Crippen LogP contribution in [0, 0.1) is 11.6 Å². The summed E-state index contributed by atoms with van der Waals surface area (Å²) >= 11 is 3.39. The van der Waals surface area contributed by atoms with E-state index in [1.165, 1.54) is 12.1 Å². The molecule has 1 nitrogen and oxygen atoms in total. The minimum Gasteiger partial charge on any atom is -0.298 e. The Hall–Kier alpha value is -0.480. The number of halogens is 3. The van der Waals surface area contributed by atoms with Crippen LogP contribution in [0.15, 0.2) is 18.2 Å². The molecule has 0 unspecified atom stereocenters. The number of hydrogen-bond donors (Lipinski definition) is 0. The Balaban J connectivity index is 2.64. The molecule has 1 aromatic rings. The Morgan fingerprint density at radius 3 is 2.59 bits per heavy atom. The van der Waals surface area contributed by atoms with Crippen molar-refractivity contribution >= 4 is 15.9 Å². The highest BCUT2D eigenvalue weighted by atomic mass is 79.9. The highest BCUT2D eigenvalue weighted by Crippen LogP contribution is 2.13. The van der Waals surface area contributed by atoms with Gasteiger partial charge in [0.05, 0.1) is 0 Å². The van der Waals surface area contributed by atoms with E-state index in [0.29, 0.717) is 12.1 Å². The zero-order chi connectivity index (χ0) is 12.7. The minimum absolute atomic E-state index is 0.457. The Labute approximate surface area is 110 Å². The van der Waals surface area contributed by atoms with Crippen molar-refractivity contribution in [2.24, 2.45) is 0 Å². The lowest BCUT2D eigenvalue weighted by Crippen LogP contribution is -2.26. The van der Waals surface area contributed by atoms with Crippen LogP contribution in [0.2, 0.25) is 0 Å². The van der Waals surface area contributed by atoms with E-state index in [9.17, 15) is 8.78 Å². The molecule has 17 heavy (non-hydrogen) atoms.